The summed E-state index contributed by atoms with van der Waals surface area (Å²) < 4.78 is 2.00. The summed E-state index contributed by atoms with van der Waals surface area (Å²) in [5.74, 6) is 0. The fourth-order valence-corrected chi connectivity index (χ4v) is 1.98. The van der Waals surface area contributed by atoms with Crippen LogP contribution < -0.4 is 0 Å². The minimum Gasteiger partial charge on any atom is -0.392 e. The molecule has 0 amide bonds. The molecule has 1 N–H and O–H groups in total. The Morgan fingerprint density at radius 1 is 1.29 bits per heavy atom. The second-order valence-electron chi connectivity index (χ2n) is 4.56. The number of aliphatic hydroxyl groups excluding tert-OH is 1. The van der Waals surface area contributed by atoms with Gasteiger partial charge in [0.15, 0.2) is 0 Å². The van der Waals surface area contributed by atoms with Crippen molar-refractivity contribution in [3.63, 3.8) is 0 Å². The number of rotatable bonds is 3. The standard InChI is InChI=1S/C14H18N2O/c1-10(2)16-14(6-7-15-16)13-8-12(9-17)5-4-11(13)3/h4-8,10,17H,9H2,1-3H3. The molecule has 0 saturated carbocycles. The molecular formula is C14H18N2O. The fraction of sp³-hybridized carbons (Fsp3) is 0.357. The molecule has 17 heavy (non-hydrogen) atoms. The molecule has 2 rings (SSSR count). The molecule has 0 aliphatic carbocycles. The summed E-state index contributed by atoms with van der Waals surface area (Å²) in [5, 5.41) is 13.5. The van der Waals surface area contributed by atoms with Gasteiger partial charge in [-0.1, -0.05) is 12.1 Å². The highest BCUT2D eigenvalue weighted by molar-refractivity contribution is 5.64. The van der Waals surface area contributed by atoms with E-state index in [1.807, 2.05) is 35.1 Å². The van der Waals surface area contributed by atoms with Gasteiger partial charge in [0, 0.05) is 17.8 Å². The molecule has 3 nitrogen and oxygen atoms in total. The second-order valence-corrected chi connectivity index (χ2v) is 4.56. The Bertz CT molecular complexity index is 515. The lowest BCUT2D eigenvalue weighted by atomic mass is 10.0. The molecule has 0 unspecified atom stereocenters. The Morgan fingerprint density at radius 3 is 2.71 bits per heavy atom. The lowest BCUT2D eigenvalue weighted by molar-refractivity contribution is 0.282. The van der Waals surface area contributed by atoms with Gasteiger partial charge >= 0.3 is 0 Å². The average molecular weight is 230 g/mol. The topological polar surface area (TPSA) is 38.1 Å². The molecule has 90 valence electrons. The highest BCUT2D eigenvalue weighted by Crippen LogP contribution is 2.26. The minimum absolute atomic E-state index is 0.0725. The highest BCUT2D eigenvalue weighted by atomic mass is 16.3. The van der Waals surface area contributed by atoms with E-state index < -0.39 is 0 Å². The first-order chi connectivity index (χ1) is 8.13. The Morgan fingerprint density at radius 2 is 2.06 bits per heavy atom. The third-order valence-electron chi connectivity index (χ3n) is 2.92. The van der Waals surface area contributed by atoms with Crippen molar-refractivity contribution in [1.29, 1.82) is 0 Å². The number of aliphatic hydroxyl groups is 1. The number of hydrogen-bond donors (Lipinski definition) is 1. The molecular weight excluding hydrogens is 212 g/mol. The second kappa shape index (κ2) is 4.72. The zero-order valence-electron chi connectivity index (χ0n) is 10.5. The van der Waals surface area contributed by atoms with E-state index in [1.165, 1.54) is 5.56 Å². The van der Waals surface area contributed by atoms with Gasteiger partial charge in [0.1, 0.15) is 0 Å². The molecule has 0 spiro atoms. The van der Waals surface area contributed by atoms with Crippen LogP contribution in [0.15, 0.2) is 30.5 Å². The molecule has 0 atom stereocenters. The average Bonchev–Trinajstić information content (AvgIpc) is 2.78. The van der Waals surface area contributed by atoms with Crippen LogP contribution in [-0.2, 0) is 6.61 Å². The van der Waals surface area contributed by atoms with E-state index in [4.69, 9.17) is 0 Å². The molecule has 1 aromatic heterocycles. The molecule has 0 aliphatic heterocycles. The Kier molecular flexibility index (Phi) is 3.29. The van der Waals surface area contributed by atoms with E-state index >= 15 is 0 Å². The van der Waals surface area contributed by atoms with Crippen LogP contribution in [0.1, 0.15) is 31.0 Å². The molecule has 1 heterocycles. The highest BCUT2D eigenvalue weighted by Gasteiger charge is 2.10. The number of aryl methyl sites for hydroxylation is 1. The van der Waals surface area contributed by atoms with Crippen LogP contribution in [0.3, 0.4) is 0 Å². The Labute approximate surface area is 102 Å². The van der Waals surface area contributed by atoms with E-state index in [-0.39, 0.29) is 6.61 Å². The van der Waals surface area contributed by atoms with Gasteiger partial charge in [0.2, 0.25) is 0 Å². The quantitative estimate of drug-likeness (QED) is 0.880. The summed E-state index contributed by atoms with van der Waals surface area (Å²) in [6.07, 6.45) is 1.82. The van der Waals surface area contributed by atoms with Gasteiger partial charge in [-0.2, -0.15) is 5.10 Å². The fourth-order valence-electron chi connectivity index (χ4n) is 1.98. The van der Waals surface area contributed by atoms with Crippen LogP contribution in [0.2, 0.25) is 0 Å². The monoisotopic (exact) mass is 230 g/mol. The summed E-state index contributed by atoms with van der Waals surface area (Å²) in [5.41, 5.74) is 4.38. The summed E-state index contributed by atoms with van der Waals surface area (Å²) >= 11 is 0. The molecule has 0 saturated heterocycles. The van der Waals surface area contributed by atoms with Gasteiger partial charge in [-0.15, -0.1) is 0 Å². The van der Waals surface area contributed by atoms with Crippen LogP contribution in [0.4, 0.5) is 0 Å². The predicted octanol–water partition coefficient (Wildman–Crippen LogP) is 2.93. The van der Waals surface area contributed by atoms with Crippen molar-refractivity contribution >= 4 is 0 Å². The molecule has 0 bridgehead atoms. The van der Waals surface area contributed by atoms with Crippen LogP contribution in [0, 0.1) is 6.92 Å². The van der Waals surface area contributed by atoms with Gasteiger partial charge in [-0.05, 0) is 44.0 Å². The van der Waals surface area contributed by atoms with Gasteiger partial charge in [-0.3, -0.25) is 4.68 Å². The molecule has 0 aliphatic rings. The molecule has 3 heteroatoms. The van der Waals surface area contributed by atoms with Crippen molar-refractivity contribution in [2.45, 2.75) is 33.4 Å². The van der Waals surface area contributed by atoms with E-state index in [0.717, 1.165) is 16.8 Å². The smallest absolute Gasteiger partial charge is 0.0688 e. The van der Waals surface area contributed by atoms with Gasteiger partial charge < -0.3 is 5.11 Å². The summed E-state index contributed by atoms with van der Waals surface area (Å²) in [6, 6.07) is 8.37. The van der Waals surface area contributed by atoms with Crippen LogP contribution in [-0.4, -0.2) is 14.9 Å². The normalized spacial score (nSPS) is 11.1. The zero-order valence-corrected chi connectivity index (χ0v) is 10.5. The zero-order chi connectivity index (χ0) is 12.4. The lowest BCUT2D eigenvalue weighted by Gasteiger charge is -2.13. The van der Waals surface area contributed by atoms with Gasteiger partial charge in [-0.25, -0.2) is 0 Å². The van der Waals surface area contributed by atoms with Gasteiger partial charge in [0.05, 0.1) is 12.3 Å². The maximum atomic E-state index is 9.21. The SMILES string of the molecule is Cc1ccc(CO)cc1-c1ccnn1C(C)C. The van der Waals surface area contributed by atoms with Crippen molar-refractivity contribution < 1.29 is 5.11 Å². The summed E-state index contributed by atoms with van der Waals surface area (Å²) in [4.78, 5) is 0. The molecule has 1 aromatic carbocycles. The van der Waals surface area contributed by atoms with Crippen molar-refractivity contribution in [3.05, 3.63) is 41.6 Å². The van der Waals surface area contributed by atoms with Crippen molar-refractivity contribution in [2.24, 2.45) is 0 Å². The number of nitrogens with zero attached hydrogens (tertiary/aromatic N) is 2. The number of aromatic nitrogens is 2. The van der Waals surface area contributed by atoms with E-state index in [9.17, 15) is 5.11 Å². The van der Waals surface area contributed by atoms with Gasteiger partial charge in [0.25, 0.3) is 0 Å². The summed E-state index contributed by atoms with van der Waals surface area (Å²) in [6.45, 7) is 6.38. The van der Waals surface area contributed by atoms with Crippen molar-refractivity contribution in [1.82, 2.24) is 9.78 Å². The largest absolute Gasteiger partial charge is 0.392 e. The van der Waals surface area contributed by atoms with Crippen molar-refractivity contribution in [2.75, 3.05) is 0 Å². The first-order valence-corrected chi connectivity index (χ1v) is 5.87. The third-order valence-corrected chi connectivity index (χ3v) is 2.92. The predicted molar refractivity (Wildman–Crippen MR) is 68.7 cm³/mol. The van der Waals surface area contributed by atoms with Crippen LogP contribution >= 0.6 is 0 Å². The van der Waals surface area contributed by atoms with Crippen LogP contribution in [0.5, 0.6) is 0 Å². The molecule has 0 radical (unpaired) electrons. The van der Waals surface area contributed by atoms with E-state index in [1.54, 1.807) is 0 Å². The first kappa shape index (κ1) is 11.9. The molecule has 2 aromatic rings. The number of hydrogen-bond acceptors (Lipinski definition) is 2. The number of benzene rings is 1. The maximum absolute atomic E-state index is 9.21. The Balaban J connectivity index is 2.55. The van der Waals surface area contributed by atoms with E-state index in [0.29, 0.717) is 6.04 Å². The first-order valence-electron chi connectivity index (χ1n) is 5.87. The third kappa shape index (κ3) is 2.24. The summed E-state index contributed by atoms with van der Waals surface area (Å²) in [7, 11) is 0. The van der Waals surface area contributed by atoms with Crippen LogP contribution in [0.25, 0.3) is 11.3 Å². The van der Waals surface area contributed by atoms with Crippen molar-refractivity contribution in [3.8, 4) is 11.3 Å². The molecule has 0 fully saturated rings. The maximum Gasteiger partial charge on any atom is 0.0688 e. The van der Waals surface area contributed by atoms with E-state index in [2.05, 4.69) is 25.9 Å². The Hall–Kier alpha value is -1.61. The minimum atomic E-state index is 0.0725. The lowest BCUT2D eigenvalue weighted by Crippen LogP contribution is -2.05.